The fourth-order valence-electron chi connectivity index (χ4n) is 2.76. The largest absolute Gasteiger partial charge is 0.330 e. The fraction of sp³-hybridized carbons (Fsp3) is 1.00. The average Bonchev–Trinajstić information content (AvgIpc) is 2.92. The van der Waals surface area contributed by atoms with Crippen molar-refractivity contribution in [1.82, 2.24) is 4.90 Å². The van der Waals surface area contributed by atoms with Crippen molar-refractivity contribution >= 4 is 0 Å². The molecule has 0 bridgehead atoms. The first kappa shape index (κ1) is 9.47. The summed E-state index contributed by atoms with van der Waals surface area (Å²) in [4.78, 5) is 2.74. The maximum absolute atomic E-state index is 5.68. The first-order valence-electron chi connectivity index (χ1n) is 5.78. The van der Waals surface area contributed by atoms with Crippen molar-refractivity contribution in [3.8, 4) is 0 Å². The van der Waals surface area contributed by atoms with Crippen molar-refractivity contribution in [3.63, 3.8) is 0 Å². The molecule has 0 aromatic rings. The molecule has 13 heavy (non-hydrogen) atoms. The van der Waals surface area contributed by atoms with E-state index in [0.717, 1.165) is 24.5 Å². The first-order chi connectivity index (χ1) is 6.33. The molecule has 1 heterocycles. The van der Waals surface area contributed by atoms with Crippen LogP contribution in [0.1, 0.15) is 39.0 Å². The third-order valence-corrected chi connectivity index (χ3v) is 3.64. The van der Waals surface area contributed by atoms with E-state index >= 15 is 0 Å². The van der Waals surface area contributed by atoms with Crippen LogP contribution in [0.3, 0.4) is 0 Å². The summed E-state index contributed by atoms with van der Waals surface area (Å²) in [5, 5.41) is 0. The summed E-state index contributed by atoms with van der Waals surface area (Å²) in [5.74, 6) is 0.873. The van der Waals surface area contributed by atoms with Gasteiger partial charge in [-0.15, -0.1) is 0 Å². The lowest BCUT2D eigenvalue weighted by Crippen LogP contribution is -2.46. The molecule has 1 saturated heterocycles. The standard InChI is InChI=1S/C11H22N2/c1-9-3-2-8-13(10-4-5-10)11(9)6-7-12/h9-11H,2-8,12H2,1H3. The molecule has 2 unspecified atom stereocenters. The van der Waals surface area contributed by atoms with Crippen molar-refractivity contribution < 1.29 is 0 Å². The zero-order chi connectivity index (χ0) is 9.26. The molecule has 2 nitrogen and oxygen atoms in total. The molecule has 76 valence electrons. The van der Waals surface area contributed by atoms with Crippen molar-refractivity contribution in [2.45, 2.75) is 51.1 Å². The Balaban J connectivity index is 1.95. The Bertz CT molecular complexity index is 165. The highest BCUT2D eigenvalue weighted by atomic mass is 15.2. The summed E-state index contributed by atoms with van der Waals surface area (Å²) in [7, 11) is 0. The maximum atomic E-state index is 5.68. The SMILES string of the molecule is CC1CCCN(C2CC2)C1CCN. The van der Waals surface area contributed by atoms with E-state index in [1.165, 1.54) is 38.6 Å². The van der Waals surface area contributed by atoms with Gasteiger partial charge in [-0.2, -0.15) is 0 Å². The molecule has 1 aliphatic carbocycles. The number of rotatable bonds is 3. The van der Waals surface area contributed by atoms with Gasteiger partial charge in [0.2, 0.25) is 0 Å². The normalized spacial score (nSPS) is 36.5. The third-order valence-electron chi connectivity index (χ3n) is 3.64. The van der Waals surface area contributed by atoms with E-state index in [2.05, 4.69) is 11.8 Å². The van der Waals surface area contributed by atoms with Crippen LogP contribution in [0.4, 0.5) is 0 Å². The minimum absolute atomic E-state index is 0.797. The molecular weight excluding hydrogens is 160 g/mol. The molecular formula is C11H22N2. The Labute approximate surface area is 81.5 Å². The van der Waals surface area contributed by atoms with Crippen LogP contribution < -0.4 is 5.73 Å². The highest BCUT2D eigenvalue weighted by molar-refractivity contribution is 4.92. The zero-order valence-corrected chi connectivity index (χ0v) is 8.71. The fourth-order valence-corrected chi connectivity index (χ4v) is 2.76. The predicted molar refractivity (Wildman–Crippen MR) is 55.6 cm³/mol. The van der Waals surface area contributed by atoms with Gasteiger partial charge in [0.05, 0.1) is 0 Å². The van der Waals surface area contributed by atoms with Gasteiger partial charge in [0.25, 0.3) is 0 Å². The van der Waals surface area contributed by atoms with Crippen LogP contribution in [0.15, 0.2) is 0 Å². The second-order valence-corrected chi connectivity index (χ2v) is 4.73. The first-order valence-corrected chi connectivity index (χ1v) is 5.78. The Morgan fingerprint density at radius 2 is 2.08 bits per heavy atom. The summed E-state index contributed by atoms with van der Waals surface area (Å²) in [5.41, 5.74) is 5.68. The molecule has 2 aliphatic rings. The molecule has 2 rings (SSSR count). The minimum atomic E-state index is 0.797. The molecule has 2 atom stereocenters. The van der Waals surface area contributed by atoms with Crippen LogP contribution in [0.25, 0.3) is 0 Å². The summed E-state index contributed by atoms with van der Waals surface area (Å²) >= 11 is 0. The summed E-state index contributed by atoms with van der Waals surface area (Å²) in [6, 6.07) is 1.73. The van der Waals surface area contributed by atoms with Crippen LogP contribution in [0.2, 0.25) is 0 Å². The Hall–Kier alpha value is -0.0800. The molecule has 0 amide bonds. The number of piperidine rings is 1. The summed E-state index contributed by atoms with van der Waals surface area (Å²) in [6.45, 7) is 4.59. The molecule has 2 heteroatoms. The van der Waals surface area contributed by atoms with Crippen LogP contribution in [-0.4, -0.2) is 30.1 Å². The van der Waals surface area contributed by atoms with E-state index < -0.39 is 0 Å². The van der Waals surface area contributed by atoms with Crippen LogP contribution >= 0.6 is 0 Å². The van der Waals surface area contributed by atoms with Crippen LogP contribution in [-0.2, 0) is 0 Å². The molecule has 0 aromatic carbocycles. The van der Waals surface area contributed by atoms with Crippen LogP contribution in [0, 0.1) is 5.92 Å². The van der Waals surface area contributed by atoms with Gasteiger partial charge < -0.3 is 5.73 Å². The van der Waals surface area contributed by atoms with Crippen LogP contribution in [0.5, 0.6) is 0 Å². The van der Waals surface area contributed by atoms with Gasteiger partial charge in [0.1, 0.15) is 0 Å². The molecule has 0 radical (unpaired) electrons. The molecule has 0 spiro atoms. The number of hydrogen-bond acceptors (Lipinski definition) is 2. The molecule has 2 N–H and O–H groups in total. The number of nitrogens with two attached hydrogens (primary N) is 1. The molecule has 1 saturated carbocycles. The second kappa shape index (κ2) is 3.97. The van der Waals surface area contributed by atoms with Gasteiger partial charge in [-0.25, -0.2) is 0 Å². The van der Waals surface area contributed by atoms with Gasteiger partial charge in [-0.3, -0.25) is 4.90 Å². The van der Waals surface area contributed by atoms with Gasteiger partial charge in [0, 0.05) is 12.1 Å². The van der Waals surface area contributed by atoms with Gasteiger partial charge in [0.15, 0.2) is 0 Å². The number of nitrogens with zero attached hydrogens (tertiary/aromatic N) is 1. The second-order valence-electron chi connectivity index (χ2n) is 4.73. The smallest absolute Gasteiger partial charge is 0.0136 e. The lowest BCUT2D eigenvalue weighted by atomic mass is 9.88. The third kappa shape index (κ3) is 2.05. The van der Waals surface area contributed by atoms with Crippen molar-refractivity contribution in [2.75, 3.05) is 13.1 Å². The van der Waals surface area contributed by atoms with Crippen molar-refractivity contribution in [3.05, 3.63) is 0 Å². The molecule has 2 fully saturated rings. The van der Waals surface area contributed by atoms with Crippen molar-refractivity contribution in [2.24, 2.45) is 11.7 Å². The van der Waals surface area contributed by atoms with Gasteiger partial charge >= 0.3 is 0 Å². The lowest BCUT2D eigenvalue weighted by molar-refractivity contribution is 0.0881. The van der Waals surface area contributed by atoms with Gasteiger partial charge in [-0.1, -0.05) is 6.92 Å². The molecule has 0 aromatic heterocycles. The summed E-state index contributed by atoms with van der Waals surface area (Å²) < 4.78 is 0. The van der Waals surface area contributed by atoms with E-state index in [1.54, 1.807) is 0 Å². The Morgan fingerprint density at radius 1 is 1.31 bits per heavy atom. The topological polar surface area (TPSA) is 29.3 Å². The number of likely N-dealkylation sites (tertiary alicyclic amines) is 1. The van der Waals surface area contributed by atoms with E-state index in [1.807, 2.05) is 0 Å². The maximum Gasteiger partial charge on any atom is 0.0136 e. The molecule has 1 aliphatic heterocycles. The average molecular weight is 182 g/mol. The Kier molecular flexibility index (Phi) is 2.89. The van der Waals surface area contributed by atoms with E-state index in [-0.39, 0.29) is 0 Å². The lowest BCUT2D eigenvalue weighted by Gasteiger charge is -2.40. The Morgan fingerprint density at radius 3 is 2.69 bits per heavy atom. The monoisotopic (exact) mass is 182 g/mol. The quantitative estimate of drug-likeness (QED) is 0.718. The number of hydrogen-bond donors (Lipinski definition) is 1. The summed E-state index contributed by atoms with van der Waals surface area (Å²) in [6.07, 6.45) is 6.89. The highest BCUT2D eigenvalue weighted by Crippen LogP contribution is 2.35. The highest BCUT2D eigenvalue weighted by Gasteiger charge is 2.37. The zero-order valence-electron chi connectivity index (χ0n) is 8.71. The van der Waals surface area contributed by atoms with E-state index in [9.17, 15) is 0 Å². The van der Waals surface area contributed by atoms with E-state index in [4.69, 9.17) is 5.73 Å². The minimum Gasteiger partial charge on any atom is -0.330 e. The van der Waals surface area contributed by atoms with E-state index in [0.29, 0.717) is 0 Å². The van der Waals surface area contributed by atoms with Gasteiger partial charge in [-0.05, 0) is 51.1 Å². The predicted octanol–water partition coefficient (Wildman–Crippen LogP) is 1.60. The van der Waals surface area contributed by atoms with Crippen molar-refractivity contribution in [1.29, 1.82) is 0 Å².